The number of nitrogens with one attached hydrogen (secondary N) is 2. The lowest BCUT2D eigenvalue weighted by atomic mass is 10.1. The van der Waals surface area contributed by atoms with Crippen molar-refractivity contribution in [1.29, 1.82) is 0 Å². The van der Waals surface area contributed by atoms with E-state index in [0.29, 0.717) is 22.6 Å². The van der Waals surface area contributed by atoms with E-state index in [1.54, 1.807) is 13.0 Å². The predicted octanol–water partition coefficient (Wildman–Crippen LogP) is 1.92. The zero-order chi connectivity index (χ0) is 21.6. The molecule has 0 radical (unpaired) electrons. The Kier molecular flexibility index (Phi) is 7.77. The number of hydrogen-bond donors (Lipinski definition) is 2. The first kappa shape index (κ1) is 22.4. The lowest BCUT2D eigenvalue weighted by Crippen LogP contribution is -2.41. The first-order valence-electron chi connectivity index (χ1n) is 9.14. The van der Waals surface area contributed by atoms with Gasteiger partial charge in [-0.15, -0.1) is 0 Å². The summed E-state index contributed by atoms with van der Waals surface area (Å²) in [6, 6.07) is 3.95. The van der Waals surface area contributed by atoms with E-state index >= 15 is 0 Å². The van der Waals surface area contributed by atoms with Gasteiger partial charge < -0.3 is 10.1 Å². The number of unbranched alkanes of at least 4 members (excludes halogenated alkanes) is 1. The van der Waals surface area contributed by atoms with Crippen LogP contribution < -0.4 is 16.2 Å². The molecule has 3 amide bonds. The van der Waals surface area contributed by atoms with Crippen molar-refractivity contribution in [3.63, 3.8) is 0 Å². The third kappa shape index (κ3) is 5.35. The van der Waals surface area contributed by atoms with Crippen LogP contribution in [0.1, 0.15) is 37.0 Å². The summed E-state index contributed by atoms with van der Waals surface area (Å²) in [5, 5.41) is 4.57. The lowest BCUT2D eigenvalue weighted by molar-refractivity contribution is -0.119. The molecule has 29 heavy (non-hydrogen) atoms. The Hall–Kier alpha value is -2.88. The smallest absolute Gasteiger partial charge is 0.337 e. The van der Waals surface area contributed by atoms with Crippen molar-refractivity contribution >= 4 is 40.6 Å². The summed E-state index contributed by atoms with van der Waals surface area (Å²) in [5.41, 5.74) is 0.368. The number of benzene rings is 1. The number of esters is 1. The number of nitrogens with zero attached hydrogens (tertiary/aromatic N) is 2. The van der Waals surface area contributed by atoms with E-state index in [1.165, 1.54) is 30.9 Å². The SMILES string of the molecule is CCCCn1c(S[C@H](C)C(=O)NC(=O)NC)nc2cc(C(=O)OC)ccc2c1=O. The summed E-state index contributed by atoms with van der Waals surface area (Å²) < 4.78 is 6.25. The maximum absolute atomic E-state index is 13.0. The summed E-state index contributed by atoms with van der Waals surface area (Å²) in [6.07, 6.45) is 1.64. The second-order valence-electron chi connectivity index (χ2n) is 6.26. The number of urea groups is 1. The highest BCUT2D eigenvalue weighted by atomic mass is 32.2. The van der Waals surface area contributed by atoms with Gasteiger partial charge in [-0.3, -0.25) is 19.5 Å². The van der Waals surface area contributed by atoms with Crippen molar-refractivity contribution in [2.45, 2.75) is 43.6 Å². The van der Waals surface area contributed by atoms with E-state index < -0.39 is 23.2 Å². The van der Waals surface area contributed by atoms with Crippen LogP contribution in [0.2, 0.25) is 0 Å². The molecule has 0 spiro atoms. The highest BCUT2D eigenvalue weighted by molar-refractivity contribution is 8.00. The Morgan fingerprint density at radius 2 is 2.03 bits per heavy atom. The van der Waals surface area contributed by atoms with Crippen molar-refractivity contribution < 1.29 is 19.1 Å². The Balaban J connectivity index is 2.48. The van der Waals surface area contributed by atoms with Crippen molar-refractivity contribution in [1.82, 2.24) is 20.2 Å². The van der Waals surface area contributed by atoms with Crippen molar-refractivity contribution in [2.24, 2.45) is 0 Å². The maximum atomic E-state index is 13.0. The minimum atomic E-state index is -0.673. The third-order valence-corrected chi connectivity index (χ3v) is 5.28. The predicted molar refractivity (Wildman–Crippen MR) is 110 cm³/mol. The van der Waals surface area contributed by atoms with Gasteiger partial charge in [0.25, 0.3) is 5.56 Å². The number of carbonyl (C=O) groups is 3. The average Bonchev–Trinajstić information content (AvgIpc) is 2.72. The molecule has 2 N–H and O–H groups in total. The standard InChI is InChI=1S/C19H24N4O5S/c1-5-6-9-23-16(25)13-8-7-12(17(26)28-4)10-14(13)21-19(23)29-11(2)15(24)22-18(27)20-3/h7-8,10-11H,5-6,9H2,1-4H3,(H2,20,22,24,27)/t11-/m1/s1. The van der Waals surface area contributed by atoms with E-state index in [0.717, 1.165) is 24.6 Å². The minimum Gasteiger partial charge on any atom is -0.465 e. The van der Waals surface area contributed by atoms with Crippen LogP contribution >= 0.6 is 11.8 Å². The summed E-state index contributed by atoms with van der Waals surface area (Å²) in [6.45, 7) is 4.08. The fraction of sp³-hybridized carbons (Fsp3) is 0.421. The normalized spacial score (nSPS) is 11.7. The number of imide groups is 1. The van der Waals surface area contributed by atoms with E-state index in [1.807, 2.05) is 6.92 Å². The Morgan fingerprint density at radius 1 is 1.31 bits per heavy atom. The van der Waals surface area contributed by atoms with Crippen LogP contribution in [0.25, 0.3) is 10.9 Å². The first-order chi connectivity index (χ1) is 13.8. The molecule has 0 unspecified atom stereocenters. The monoisotopic (exact) mass is 420 g/mol. The molecule has 0 fully saturated rings. The molecule has 1 aromatic heterocycles. The van der Waals surface area contributed by atoms with Gasteiger partial charge in [0.15, 0.2) is 5.16 Å². The lowest BCUT2D eigenvalue weighted by Gasteiger charge is -2.16. The second kappa shape index (κ2) is 10.1. The van der Waals surface area contributed by atoms with Crippen LogP contribution in [0.4, 0.5) is 4.79 Å². The molecule has 1 aromatic carbocycles. The van der Waals surface area contributed by atoms with Crippen molar-refractivity contribution in [3.05, 3.63) is 34.1 Å². The van der Waals surface area contributed by atoms with E-state index in [9.17, 15) is 19.2 Å². The van der Waals surface area contributed by atoms with Crippen LogP contribution in [0.3, 0.4) is 0 Å². The number of carbonyl (C=O) groups excluding carboxylic acids is 3. The topological polar surface area (TPSA) is 119 Å². The van der Waals surface area contributed by atoms with E-state index in [4.69, 9.17) is 4.74 Å². The van der Waals surface area contributed by atoms with Gasteiger partial charge in [-0.1, -0.05) is 25.1 Å². The summed E-state index contributed by atoms with van der Waals surface area (Å²) >= 11 is 1.07. The van der Waals surface area contributed by atoms with Gasteiger partial charge in [0.05, 0.1) is 28.8 Å². The first-order valence-corrected chi connectivity index (χ1v) is 10.0. The van der Waals surface area contributed by atoms with Gasteiger partial charge in [0.1, 0.15) is 0 Å². The molecule has 0 bridgehead atoms. The second-order valence-corrected chi connectivity index (χ2v) is 7.56. The van der Waals surface area contributed by atoms with Crippen LogP contribution in [-0.4, -0.2) is 46.9 Å². The zero-order valence-electron chi connectivity index (χ0n) is 16.8. The van der Waals surface area contributed by atoms with Gasteiger partial charge in [0.2, 0.25) is 5.91 Å². The molecular formula is C19H24N4O5S. The van der Waals surface area contributed by atoms with Crippen LogP contribution in [0, 0.1) is 0 Å². The highest BCUT2D eigenvalue weighted by Gasteiger charge is 2.21. The molecule has 0 aliphatic carbocycles. The summed E-state index contributed by atoms with van der Waals surface area (Å²) in [4.78, 5) is 52.9. The largest absolute Gasteiger partial charge is 0.465 e. The third-order valence-electron chi connectivity index (χ3n) is 4.19. The summed E-state index contributed by atoms with van der Waals surface area (Å²) in [7, 11) is 2.68. The number of ether oxygens (including phenoxy) is 1. The number of thioether (sulfide) groups is 1. The molecule has 156 valence electrons. The van der Waals surface area contributed by atoms with Gasteiger partial charge >= 0.3 is 12.0 Å². The van der Waals surface area contributed by atoms with Gasteiger partial charge in [-0.25, -0.2) is 14.6 Å². The Morgan fingerprint density at radius 3 is 2.66 bits per heavy atom. The molecule has 0 aliphatic rings. The molecule has 2 rings (SSSR count). The van der Waals surface area contributed by atoms with E-state index in [-0.39, 0.29) is 11.1 Å². The van der Waals surface area contributed by atoms with Crippen molar-refractivity contribution in [3.8, 4) is 0 Å². The highest BCUT2D eigenvalue weighted by Crippen LogP contribution is 2.23. The molecule has 0 aliphatic heterocycles. The fourth-order valence-electron chi connectivity index (χ4n) is 2.54. The molecule has 0 saturated carbocycles. The zero-order valence-corrected chi connectivity index (χ0v) is 17.6. The number of aromatic nitrogens is 2. The van der Waals surface area contributed by atoms with Crippen LogP contribution in [-0.2, 0) is 16.1 Å². The quantitative estimate of drug-likeness (QED) is 0.399. The van der Waals surface area contributed by atoms with Gasteiger partial charge in [0, 0.05) is 13.6 Å². The molecule has 10 heteroatoms. The van der Waals surface area contributed by atoms with Crippen molar-refractivity contribution in [2.75, 3.05) is 14.2 Å². The van der Waals surface area contributed by atoms with Crippen LogP contribution in [0.15, 0.2) is 28.2 Å². The Labute approximate surface area is 172 Å². The summed E-state index contributed by atoms with van der Waals surface area (Å²) in [5.74, 6) is -1.04. The fourth-order valence-corrected chi connectivity index (χ4v) is 3.47. The molecule has 0 saturated heterocycles. The van der Waals surface area contributed by atoms with Gasteiger partial charge in [-0.05, 0) is 31.5 Å². The average molecular weight is 420 g/mol. The van der Waals surface area contributed by atoms with E-state index in [2.05, 4.69) is 15.6 Å². The number of rotatable bonds is 7. The maximum Gasteiger partial charge on any atom is 0.337 e. The number of amides is 3. The molecule has 2 aromatic rings. The Bertz CT molecular complexity index is 988. The number of methoxy groups -OCH3 is 1. The number of fused-ring (bicyclic) bond motifs is 1. The molecule has 9 nitrogen and oxygen atoms in total. The van der Waals surface area contributed by atoms with Gasteiger partial charge in [-0.2, -0.15) is 0 Å². The number of hydrogen-bond acceptors (Lipinski definition) is 7. The van der Waals surface area contributed by atoms with Crippen LogP contribution in [0.5, 0.6) is 0 Å². The molecule has 1 atom stereocenters. The minimum absolute atomic E-state index is 0.249. The molecular weight excluding hydrogens is 396 g/mol. The molecule has 1 heterocycles.